The SMILES string of the molecule is O=C1/C=C/CCCCOC(=O)/C=C/CCCCOC(=O)/C=C/CCCCO1. The lowest BCUT2D eigenvalue weighted by Crippen LogP contribution is -2.03. The van der Waals surface area contributed by atoms with Gasteiger partial charge in [0.2, 0.25) is 0 Å². The van der Waals surface area contributed by atoms with Crippen LogP contribution < -0.4 is 0 Å². The van der Waals surface area contributed by atoms with E-state index in [0.717, 1.165) is 57.8 Å². The van der Waals surface area contributed by atoms with E-state index >= 15 is 0 Å². The van der Waals surface area contributed by atoms with Crippen LogP contribution in [-0.4, -0.2) is 37.7 Å². The lowest BCUT2D eigenvalue weighted by atomic mass is 10.2. The Kier molecular flexibility index (Phi) is 13.3. The van der Waals surface area contributed by atoms with E-state index in [-0.39, 0.29) is 17.9 Å². The van der Waals surface area contributed by atoms with E-state index in [1.165, 1.54) is 18.2 Å². The molecule has 0 aromatic rings. The summed E-state index contributed by atoms with van der Waals surface area (Å²) >= 11 is 0. The number of hydrogen-bond acceptors (Lipinski definition) is 6. The summed E-state index contributed by atoms with van der Waals surface area (Å²) in [6.45, 7) is 1.10. The molecule has 6 heteroatoms. The van der Waals surface area contributed by atoms with E-state index < -0.39 is 0 Å². The number of esters is 3. The molecule has 0 aromatic heterocycles. The van der Waals surface area contributed by atoms with E-state index in [0.29, 0.717) is 19.8 Å². The maximum atomic E-state index is 11.5. The Balaban J connectivity index is 2.37. The Morgan fingerprint density at radius 1 is 0.481 bits per heavy atom. The molecule has 0 fully saturated rings. The van der Waals surface area contributed by atoms with Gasteiger partial charge in [-0.15, -0.1) is 0 Å². The van der Waals surface area contributed by atoms with Gasteiger partial charge >= 0.3 is 17.9 Å². The van der Waals surface area contributed by atoms with E-state index in [1.807, 2.05) is 0 Å². The summed E-state index contributed by atoms with van der Waals surface area (Å²) in [5.41, 5.74) is 0. The van der Waals surface area contributed by atoms with Crippen molar-refractivity contribution < 1.29 is 28.6 Å². The van der Waals surface area contributed by atoms with E-state index in [1.54, 1.807) is 18.2 Å². The predicted molar refractivity (Wildman–Crippen MR) is 102 cm³/mol. The molecule has 1 heterocycles. The summed E-state index contributed by atoms with van der Waals surface area (Å²) in [6.07, 6.45) is 16.6. The maximum Gasteiger partial charge on any atom is 0.330 e. The molecule has 6 nitrogen and oxygen atoms in total. The average Bonchev–Trinajstić information content (AvgIpc) is 2.65. The van der Waals surface area contributed by atoms with Crippen LogP contribution in [-0.2, 0) is 28.6 Å². The number of allylic oxidation sites excluding steroid dienone is 3. The molecule has 1 aliphatic heterocycles. The second-order valence-electron chi connectivity index (χ2n) is 6.20. The van der Waals surface area contributed by atoms with Crippen LogP contribution in [0.2, 0.25) is 0 Å². The Morgan fingerprint density at radius 2 is 0.778 bits per heavy atom. The zero-order chi connectivity index (χ0) is 19.6. The van der Waals surface area contributed by atoms with Gasteiger partial charge in [0, 0.05) is 18.2 Å². The number of carbonyl (C=O) groups excluding carboxylic acids is 3. The van der Waals surface area contributed by atoms with Crippen LogP contribution in [0, 0.1) is 0 Å². The molecule has 0 amide bonds. The molecule has 0 aliphatic carbocycles. The van der Waals surface area contributed by atoms with Gasteiger partial charge < -0.3 is 14.2 Å². The van der Waals surface area contributed by atoms with Gasteiger partial charge in [-0.25, -0.2) is 14.4 Å². The highest BCUT2D eigenvalue weighted by molar-refractivity contribution is 5.82. The standard InChI is InChI=1S/C21H30O6/c22-19-13-7-1-4-10-16-25-20(23)14-8-3-6-12-18-27-21(24)15-9-2-5-11-17-26-19/h7-9,13-15H,1-6,10-12,16-18H2/b13-7+,14-8+,15-9+. The van der Waals surface area contributed by atoms with Crippen LogP contribution in [0.25, 0.3) is 0 Å². The van der Waals surface area contributed by atoms with Crippen molar-refractivity contribution >= 4 is 17.9 Å². The van der Waals surface area contributed by atoms with Crippen molar-refractivity contribution in [3.63, 3.8) is 0 Å². The van der Waals surface area contributed by atoms with Crippen molar-refractivity contribution in [2.75, 3.05) is 19.8 Å². The van der Waals surface area contributed by atoms with Crippen molar-refractivity contribution in [2.24, 2.45) is 0 Å². The quantitative estimate of drug-likeness (QED) is 0.471. The number of rotatable bonds is 0. The highest BCUT2D eigenvalue weighted by Crippen LogP contribution is 2.02. The molecule has 0 N–H and O–H groups in total. The molecule has 0 unspecified atom stereocenters. The minimum Gasteiger partial charge on any atom is -0.463 e. The summed E-state index contributed by atoms with van der Waals surface area (Å²) in [7, 11) is 0. The topological polar surface area (TPSA) is 78.9 Å². The van der Waals surface area contributed by atoms with Crippen LogP contribution in [0.4, 0.5) is 0 Å². The Morgan fingerprint density at radius 3 is 1.07 bits per heavy atom. The Labute approximate surface area is 161 Å². The van der Waals surface area contributed by atoms with Gasteiger partial charge in [-0.2, -0.15) is 0 Å². The normalized spacial score (nSPS) is 23.8. The van der Waals surface area contributed by atoms with Gasteiger partial charge in [0.05, 0.1) is 19.8 Å². The number of carbonyl (C=O) groups is 3. The third kappa shape index (κ3) is 14.5. The molecule has 0 saturated carbocycles. The van der Waals surface area contributed by atoms with E-state index in [9.17, 15) is 14.4 Å². The van der Waals surface area contributed by atoms with Gasteiger partial charge in [0.25, 0.3) is 0 Å². The van der Waals surface area contributed by atoms with Crippen LogP contribution in [0.3, 0.4) is 0 Å². The largest absolute Gasteiger partial charge is 0.463 e. The molecular formula is C21H30O6. The summed E-state index contributed by atoms with van der Waals surface area (Å²) in [4.78, 5) is 34.5. The number of hydrogen-bond donors (Lipinski definition) is 0. The monoisotopic (exact) mass is 378 g/mol. The molecule has 0 saturated heterocycles. The highest BCUT2D eigenvalue weighted by atomic mass is 16.5. The van der Waals surface area contributed by atoms with Crippen molar-refractivity contribution in [3.8, 4) is 0 Å². The predicted octanol–water partition coefficient (Wildman–Crippen LogP) is 3.81. The lowest BCUT2D eigenvalue weighted by Gasteiger charge is -2.02. The molecule has 27 heavy (non-hydrogen) atoms. The first-order valence-corrected chi connectivity index (χ1v) is 9.68. The zero-order valence-corrected chi connectivity index (χ0v) is 15.9. The second kappa shape index (κ2) is 15.9. The van der Waals surface area contributed by atoms with E-state index in [2.05, 4.69) is 0 Å². The van der Waals surface area contributed by atoms with Crippen LogP contribution >= 0.6 is 0 Å². The minimum atomic E-state index is -0.347. The van der Waals surface area contributed by atoms with Gasteiger partial charge in [0.1, 0.15) is 0 Å². The summed E-state index contributed by atoms with van der Waals surface area (Å²) in [6, 6.07) is 0. The smallest absolute Gasteiger partial charge is 0.330 e. The molecule has 1 aliphatic rings. The number of cyclic esters (lactones) is 3. The third-order valence-corrected chi connectivity index (χ3v) is 3.79. The first kappa shape index (κ1) is 22.7. The van der Waals surface area contributed by atoms with Crippen molar-refractivity contribution in [1.82, 2.24) is 0 Å². The minimum absolute atomic E-state index is 0.347. The molecule has 0 spiro atoms. The molecule has 0 atom stereocenters. The Bertz CT molecular complexity index is 457. The average molecular weight is 378 g/mol. The maximum absolute atomic E-state index is 11.5. The van der Waals surface area contributed by atoms with Gasteiger partial charge in [0.15, 0.2) is 0 Å². The van der Waals surface area contributed by atoms with Gasteiger partial charge in [-0.1, -0.05) is 18.2 Å². The van der Waals surface area contributed by atoms with Gasteiger partial charge in [-0.3, -0.25) is 0 Å². The van der Waals surface area contributed by atoms with Crippen LogP contribution in [0.5, 0.6) is 0 Å². The molecule has 0 aromatic carbocycles. The van der Waals surface area contributed by atoms with E-state index in [4.69, 9.17) is 14.2 Å². The first-order valence-electron chi connectivity index (χ1n) is 9.68. The summed E-state index contributed by atoms with van der Waals surface area (Å²) < 4.78 is 15.3. The molecule has 150 valence electrons. The van der Waals surface area contributed by atoms with Crippen molar-refractivity contribution in [1.29, 1.82) is 0 Å². The lowest BCUT2D eigenvalue weighted by molar-refractivity contribution is -0.138. The fourth-order valence-corrected chi connectivity index (χ4v) is 2.29. The van der Waals surface area contributed by atoms with Crippen molar-refractivity contribution in [2.45, 2.75) is 57.8 Å². The first-order chi connectivity index (χ1) is 13.2. The van der Waals surface area contributed by atoms with Crippen LogP contribution in [0.1, 0.15) is 57.8 Å². The second-order valence-corrected chi connectivity index (χ2v) is 6.20. The fourth-order valence-electron chi connectivity index (χ4n) is 2.29. The Hall–Kier alpha value is -2.37. The molecule has 0 bridgehead atoms. The summed E-state index contributed by atoms with van der Waals surface area (Å²) in [5.74, 6) is -1.04. The number of ether oxygens (including phenoxy) is 3. The fraction of sp³-hybridized carbons (Fsp3) is 0.571. The zero-order valence-electron chi connectivity index (χ0n) is 15.9. The highest BCUT2D eigenvalue weighted by Gasteiger charge is 1.99. The molecular weight excluding hydrogens is 348 g/mol. The van der Waals surface area contributed by atoms with Crippen LogP contribution in [0.15, 0.2) is 36.5 Å². The molecule has 1 rings (SSSR count). The third-order valence-electron chi connectivity index (χ3n) is 3.79. The molecule has 0 radical (unpaired) electrons. The van der Waals surface area contributed by atoms with Crippen molar-refractivity contribution in [3.05, 3.63) is 36.5 Å². The summed E-state index contributed by atoms with van der Waals surface area (Å²) in [5, 5.41) is 0. The van der Waals surface area contributed by atoms with Gasteiger partial charge in [-0.05, 0) is 57.8 Å².